The van der Waals surface area contributed by atoms with E-state index in [1.807, 2.05) is 19.9 Å². The number of hydrogen-bond acceptors (Lipinski definition) is 5. The minimum absolute atomic E-state index is 0.141. The molecule has 1 aromatic carbocycles. The average Bonchev–Trinajstić information content (AvgIpc) is 3.18. The number of aromatic nitrogens is 4. The number of halogens is 1. The molecule has 28 heavy (non-hydrogen) atoms. The van der Waals surface area contributed by atoms with Gasteiger partial charge in [0.1, 0.15) is 12.2 Å². The third kappa shape index (κ3) is 4.37. The lowest BCUT2D eigenvalue weighted by atomic mass is 10.0. The van der Waals surface area contributed by atoms with Crippen molar-refractivity contribution in [2.45, 2.75) is 32.7 Å². The van der Waals surface area contributed by atoms with Crippen molar-refractivity contribution in [2.75, 3.05) is 6.61 Å². The fraction of sp³-hybridized carbons (Fsp3) is 0.300. The van der Waals surface area contributed by atoms with Gasteiger partial charge in [0, 0.05) is 29.3 Å². The molecule has 0 fully saturated rings. The summed E-state index contributed by atoms with van der Waals surface area (Å²) in [6.45, 7) is 5.65. The summed E-state index contributed by atoms with van der Waals surface area (Å²) in [7, 11) is 0. The number of aliphatic hydroxyl groups is 1. The number of hydrogen-bond donors (Lipinski definition) is 2. The van der Waals surface area contributed by atoms with Crippen LogP contribution in [0, 0.1) is 0 Å². The molecule has 0 aliphatic heterocycles. The molecule has 146 valence electrons. The summed E-state index contributed by atoms with van der Waals surface area (Å²) >= 11 is 5.95. The van der Waals surface area contributed by atoms with Crippen molar-refractivity contribution < 1.29 is 9.90 Å². The first-order chi connectivity index (χ1) is 13.4. The molecule has 1 atom stereocenters. The SMILES string of the molecule is CC(CO)NC(=O)c1cc(-c2ccc(Cl)cn2)cc(-n2ncnc2C(C)C)c1. The van der Waals surface area contributed by atoms with E-state index in [0.717, 1.165) is 11.4 Å². The van der Waals surface area contributed by atoms with Gasteiger partial charge in [0.15, 0.2) is 0 Å². The molecule has 3 rings (SSSR count). The molecule has 1 unspecified atom stereocenters. The number of rotatable bonds is 6. The minimum Gasteiger partial charge on any atom is -0.394 e. The monoisotopic (exact) mass is 399 g/mol. The van der Waals surface area contributed by atoms with Gasteiger partial charge in [0.2, 0.25) is 0 Å². The summed E-state index contributed by atoms with van der Waals surface area (Å²) < 4.78 is 1.72. The molecule has 0 spiro atoms. The highest BCUT2D eigenvalue weighted by molar-refractivity contribution is 6.30. The zero-order valence-electron chi connectivity index (χ0n) is 15.9. The Labute approximate surface area is 168 Å². The van der Waals surface area contributed by atoms with Crippen molar-refractivity contribution >= 4 is 17.5 Å². The predicted molar refractivity (Wildman–Crippen MR) is 108 cm³/mol. The summed E-state index contributed by atoms with van der Waals surface area (Å²) in [6.07, 6.45) is 3.06. The van der Waals surface area contributed by atoms with Gasteiger partial charge in [-0.3, -0.25) is 9.78 Å². The van der Waals surface area contributed by atoms with Gasteiger partial charge < -0.3 is 10.4 Å². The Morgan fingerprint density at radius 3 is 2.64 bits per heavy atom. The van der Waals surface area contributed by atoms with Gasteiger partial charge in [-0.2, -0.15) is 5.10 Å². The highest BCUT2D eigenvalue weighted by Gasteiger charge is 2.16. The molecule has 2 aromatic heterocycles. The molecule has 3 aromatic rings. The molecule has 0 saturated heterocycles. The fourth-order valence-electron chi connectivity index (χ4n) is 2.75. The van der Waals surface area contributed by atoms with E-state index in [0.29, 0.717) is 22.0 Å². The topological polar surface area (TPSA) is 92.9 Å². The van der Waals surface area contributed by atoms with Crippen molar-refractivity contribution in [1.82, 2.24) is 25.1 Å². The van der Waals surface area contributed by atoms with E-state index in [1.165, 1.54) is 6.33 Å². The highest BCUT2D eigenvalue weighted by atomic mass is 35.5. The lowest BCUT2D eigenvalue weighted by molar-refractivity contribution is 0.0922. The van der Waals surface area contributed by atoms with Crippen LogP contribution in [0.15, 0.2) is 42.9 Å². The lowest BCUT2D eigenvalue weighted by Gasteiger charge is -2.14. The number of amides is 1. The zero-order valence-corrected chi connectivity index (χ0v) is 16.7. The second-order valence-electron chi connectivity index (χ2n) is 6.87. The van der Waals surface area contributed by atoms with Crippen molar-refractivity contribution in [2.24, 2.45) is 0 Å². The van der Waals surface area contributed by atoms with Crippen LogP contribution in [0.3, 0.4) is 0 Å². The van der Waals surface area contributed by atoms with Crippen LogP contribution in [0.25, 0.3) is 16.9 Å². The maximum absolute atomic E-state index is 12.7. The number of nitrogens with one attached hydrogen (secondary N) is 1. The van der Waals surface area contributed by atoms with Gasteiger partial charge in [0.25, 0.3) is 5.91 Å². The summed E-state index contributed by atoms with van der Waals surface area (Å²) in [5.74, 6) is 0.660. The van der Waals surface area contributed by atoms with Crippen molar-refractivity contribution in [1.29, 1.82) is 0 Å². The Morgan fingerprint density at radius 2 is 2.00 bits per heavy atom. The molecule has 0 aliphatic carbocycles. The maximum atomic E-state index is 12.7. The summed E-state index contributed by atoms with van der Waals surface area (Å²) in [5.41, 5.74) is 2.58. The van der Waals surface area contributed by atoms with Gasteiger partial charge in [-0.25, -0.2) is 9.67 Å². The summed E-state index contributed by atoms with van der Waals surface area (Å²) in [6, 6.07) is 8.60. The average molecular weight is 400 g/mol. The molecule has 0 saturated carbocycles. The molecule has 7 nitrogen and oxygen atoms in total. The van der Waals surface area contributed by atoms with E-state index in [-0.39, 0.29) is 24.5 Å². The van der Waals surface area contributed by atoms with Crippen LogP contribution >= 0.6 is 11.6 Å². The number of benzene rings is 1. The first-order valence-electron chi connectivity index (χ1n) is 8.98. The standard InChI is InChI=1S/C20H22ClN5O2/c1-12(2)19-23-11-24-26(19)17-7-14(18-5-4-16(21)9-22-18)6-15(8-17)20(28)25-13(3)10-27/h4-9,11-13,27H,10H2,1-3H3,(H,25,28). The zero-order chi connectivity index (χ0) is 20.3. The predicted octanol–water partition coefficient (Wildman–Crippen LogP) is 3.22. The second kappa shape index (κ2) is 8.50. The molecule has 8 heteroatoms. The molecule has 0 radical (unpaired) electrons. The van der Waals surface area contributed by atoms with E-state index in [1.54, 1.807) is 42.1 Å². The molecular formula is C20H22ClN5O2. The number of aliphatic hydroxyl groups excluding tert-OH is 1. The van der Waals surface area contributed by atoms with E-state index < -0.39 is 0 Å². The Kier molecular flexibility index (Phi) is 6.06. The van der Waals surface area contributed by atoms with Gasteiger partial charge in [0.05, 0.1) is 23.0 Å². The van der Waals surface area contributed by atoms with E-state index in [2.05, 4.69) is 20.4 Å². The van der Waals surface area contributed by atoms with E-state index in [4.69, 9.17) is 11.6 Å². The summed E-state index contributed by atoms with van der Waals surface area (Å²) in [5, 5.41) is 16.9. The van der Waals surface area contributed by atoms with Crippen LogP contribution in [-0.2, 0) is 0 Å². The molecule has 2 N–H and O–H groups in total. The first kappa shape index (κ1) is 20.0. The van der Waals surface area contributed by atoms with Gasteiger partial charge in [-0.15, -0.1) is 0 Å². The Balaban J connectivity index is 2.12. The van der Waals surface area contributed by atoms with Gasteiger partial charge in [-0.05, 0) is 37.3 Å². The van der Waals surface area contributed by atoms with Crippen LogP contribution in [-0.4, -0.2) is 43.4 Å². The van der Waals surface area contributed by atoms with Gasteiger partial charge in [-0.1, -0.05) is 25.4 Å². The smallest absolute Gasteiger partial charge is 0.251 e. The lowest BCUT2D eigenvalue weighted by Crippen LogP contribution is -2.35. The molecular weight excluding hydrogens is 378 g/mol. The van der Waals surface area contributed by atoms with E-state index >= 15 is 0 Å². The third-order valence-corrected chi connectivity index (χ3v) is 4.41. The van der Waals surface area contributed by atoms with Crippen molar-refractivity contribution in [3.63, 3.8) is 0 Å². The molecule has 2 heterocycles. The van der Waals surface area contributed by atoms with Crippen LogP contribution < -0.4 is 5.32 Å². The highest BCUT2D eigenvalue weighted by Crippen LogP contribution is 2.25. The number of pyridine rings is 1. The Morgan fingerprint density at radius 1 is 1.21 bits per heavy atom. The van der Waals surface area contributed by atoms with Gasteiger partial charge >= 0.3 is 0 Å². The van der Waals surface area contributed by atoms with E-state index in [9.17, 15) is 9.90 Å². The molecule has 0 bridgehead atoms. The van der Waals surface area contributed by atoms with Crippen LogP contribution in [0.2, 0.25) is 5.02 Å². The number of carbonyl (C=O) groups excluding carboxylic acids is 1. The van der Waals surface area contributed by atoms with Crippen molar-refractivity contribution in [3.05, 3.63) is 59.3 Å². The fourth-order valence-corrected chi connectivity index (χ4v) is 2.87. The summed E-state index contributed by atoms with van der Waals surface area (Å²) in [4.78, 5) is 21.4. The largest absolute Gasteiger partial charge is 0.394 e. The van der Waals surface area contributed by atoms with Crippen molar-refractivity contribution in [3.8, 4) is 16.9 Å². The second-order valence-corrected chi connectivity index (χ2v) is 7.31. The maximum Gasteiger partial charge on any atom is 0.251 e. The Bertz CT molecular complexity index is 969. The van der Waals surface area contributed by atoms with Crippen LogP contribution in [0.1, 0.15) is 42.9 Å². The normalized spacial score (nSPS) is 12.2. The third-order valence-electron chi connectivity index (χ3n) is 4.19. The minimum atomic E-state index is -0.356. The number of nitrogens with zero attached hydrogens (tertiary/aromatic N) is 4. The van der Waals surface area contributed by atoms with Crippen LogP contribution in [0.5, 0.6) is 0 Å². The first-order valence-corrected chi connectivity index (χ1v) is 9.36. The molecule has 0 aliphatic rings. The van der Waals surface area contributed by atoms with Crippen LogP contribution in [0.4, 0.5) is 0 Å². The quantitative estimate of drug-likeness (QED) is 0.663. The molecule has 1 amide bonds. The Hall–Kier alpha value is -2.77. The number of carbonyl (C=O) groups is 1.